The van der Waals surface area contributed by atoms with Gasteiger partial charge in [0.15, 0.2) is 0 Å². The smallest absolute Gasteiger partial charge is 0.246 e. The van der Waals surface area contributed by atoms with Crippen molar-refractivity contribution in [2.75, 3.05) is 5.32 Å². The molecule has 0 unspecified atom stereocenters. The largest absolute Gasteiger partial charge is 0.322 e. The molecule has 5 aromatic rings. The van der Waals surface area contributed by atoms with Crippen molar-refractivity contribution in [2.24, 2.45) is 0 Å². The number of hydrogen-bond acceptors (Lipinski definition) is 4. The average molecular weight is 464 g/mol. The number of nitrogens with zero attached hydrogens (tertiary/aromatic N) is 4. The molecule has 0 radical (unpaired) electrons. The number of amides is 1. The summed E-state index contributed by atoms with van der Waals surface area (Å²) in [7, 11) is 0. The SMILES string of the molecule is Cc1cccc(-c2c(-c3ccnc(-c4ccccc4)c3)cnn2CC(=O)Nc2ccccc2F)n1. The van der Waals surface area contributed by atoms with Crippen LogP contribution in [0.2, 0.25) is 0 Å². The minimum absolute atomic E-state index is 0.101. The van der Waals surface area contributed by atoms with Gasteiger partial charge in [-0.15, -0.1) is 0 Å². The van der Waals surface area contributed by atoms with Gasteiger partial charge >= 0.3 is 0 Å². The summed E-state index contributed by atoms with van der Waals surface area (Å²) >= 11 is 0. The molecule has 3 aromatic heterocycles. The molecule has 1 amide bonds. The molecule has 0 saturated heterocycles. The highest BCUT2D eigenvalue weighted by Gasteiger charge is 2.19. The highest BCUT2D eigenvalue weighted by atomic mass is 19.1. The highest BCUT2D eigenvalue weighted by Crippen LogP contribution is 2.33. The van der Waals surface area contributed by atoms with Crippen LogP contribution in [-0.4, -0.2) is 25.7 Å². The highest BCUT2D eigenvalue weighted by molar-refractivity contribution is 5.91. The Morgan fingerprint density at radius 2 is 1.71 bits per heavy atom. The van der Waals surface area contributed by atoms with Crippen molar-refractivity contribution >= 4 is 11.6 Å². The van der Waals surface area contributed by atoms with Gasteiger partial charge in [0.1, 0.15) is 12.4 Å². The van der Waals surface area contributed by atoms with E-state index in [0.29, 0.717) is 11.4 Å². The first-order valence-electron chi connectivity index (χ1n) is 11.1. The second-order valence-electron chi connectivity index (χ2n) is 8.05. The average Bonchev–Trinajstić information content (AvgIpc) is 3.29. The molecule has 0 aliphatic heterocycles. The Kier molecular flexibility index (Phi) is 6.13. The van der Waals surface area contributed by atoms with Crippen molar-refractivity contribution in [1.82, 2.24) is 19.7 Å². The van der Waals surface area contributed by atoms with Crippen LogP contribution in [0, 0.1) is 12.7 Å². The second-order valence-corrected chi connectivity index (χ2v) is 8.05. The van der Waals surface area contributed by atoms with Gasteiger partial charge in [-0.3, -0.25) is 19.4 Å². The van der Waals surface area contributed by atoms with Crippen LogP contribution in [0.4, 0.5) is 10.1 Å². The molecule has 0 bridgehead atoms. The number of para-hydroxylation sites is 1. The number of pyridine rings is 2. The van der Waals surface area contributed by atoms with Gasteiger partial charge in [0, 0.05) is 23.0 Å². The number of rotatable bonds is 6. The first-order chi connectivity index (χ1) is 17.1. The fraction of sp³-hybridized carbons (Fsp3) is 0.0714. The van der Waals surface area contributed by atoms with Crippen molar-refractivity contribution in [3.8, 4) is 33.8 Å². The monoisotopic (exact) mass is 463 g/mol. The predicted octanol–water partition coefficient (Wildman–Crippen LogP) is 5.76. The van der Waals surface area contributed by atoms with Crippen LogP contribution in [0.5, 0.6) is 0 Å². The first kappa shape index (κ1) is 22.2. The van der Waals surface area contributed by atoms with Crippen molar-refractivity contribution in [2.45, 2.75) is 13.5 Å². The topological polar surface area (TPSA) is 72.7 Å². The third-order valence-electron chi connectivity index (χ3n) is 5.55. The fourth-order valence-corrected chi connectivity index (χ4v) is 3.91. The van der Waals surface area contributed by atoms with E-state index in [1.54, 1.807) is 29.2 Å². The molecule has 0 saturated carbocycles. The standard InChI is InChI=1S/C28H22FN5O/c1-19-8-7-13-25(32-19)28-22(21-14-15-30-26(16-21)20-9-3-2-4-10-20)17-31-34(28)18-27(35)33-24-12-6-5-11-23(24)29/h2-17H,18H2,1H3,(H,33,35). The predicted molar refractivity (Wildman–Crippen MR) is 134 cm³/mol. The van der Waals surface area contributed by atoms with Gasteiger partial charge in [-0.1, -0.05) is 48.5 Å². The molecule has 0 aliphatic carbocycles. The Morgan fingerprint density at radius 3 is 2.51 bits per heavy atom. The van der Waals surface area contributed by atoms with E-state index in [1.165, 1.54) is 12.1 Å². The lowest BCUT2D eigenvalue weighted by molar-refractivity contribution is -0.116. The normalized spacial score (nSPS) is 10.8. The number of benzene rings is 2. The molecule has 0 spiro atoms. The molecule has 6 nitrogen and oxygen atoms in total. The Balaban J connectivity index is 1.54. The molecule has 0 atom stereocenters. The molecule has 7 heteroatoms. The zero-order valence-electron chi connectivity index (χ0n) is 19.0. The van der Waals surface area contributed by atoms with Crippen LogP contribution in [0.25, 0.3) is 33.8 Å². The molecule has 0 aliphatic rings. The summed E-state index contributed by atoms with van der Waals surface area (Å²) in [6.45, 7) is 1.81. The lowest BCUT2D eigenvalue weighted by atomic mass is 10.0. The molecular weight excluding hydrogens is 441 g/mol. The number of halogens is 1. The Labute approximate surface area is 202 Å². The van der Waals surface area contributed by atoms with Crippen molar-refractivity contribution in [1.29, 1.82) is 0 Å². The van der Waals surface area contributed by atoms with E-state index in [-0.39, 0.29) is 12.2 Å². The Bertz CT molecular complexity index is 1500. The molecule has 0 fully saturated rings. The summed E-state index contributed by atoms with van der Waals surface area (Å²) in [5, 5.41) is 7.13. The summed E-state index contributed by atoms with van der Waals surface area (Å²) < 4.78 is 15.6. The summed E-state index contributed by atoms with van der Waals surface area (Å²) in [6, 6.07) is 25.6. The van der Waals surface area contributed by atoms with E-state index < -0.39 is 11.7 Å². The zero-order valence-corrected chi connectivity index (χ0v) is 19.0. The summed E-state index contributed by atoms with van der Waals surface area (Å²) in [5.74, 6) is -0.883. The summed E-state index contributed by atoms with van der Waals surface area (Å²) in [5.41, 5.74) is 5.91. The summed E-state index contributed by atoms with van der Waals surface area (Å²) in [6.07, 6.45) is 3.48. The minimum Gasteiger partial charge on any atom is -0.322 e. The molecule has 2 aromatic carbocycles. The van der Waals surface area contributed by atoms with E-state index in [9.17, 15) is 9.18 Å². The van der Waals surface area contributed by atoms with Crippen molar-refractivity contribution in [3.05, 3.63) is 109 Å². The number of aryl methyl sites for hydroxylation is 1. The number of carbonyl (C=O) groups is 1. The van der Waals surface area contributed by atoms with Crippen LogP contribution in [0.15, 0.2) is 97.3 Å². The van der Waals surface area contributed by atoms with Crippen LogP contribution < -0.4 is 5.32 Å². The van der Waals surface area contributed by atoms with Gasteiger partial charge in [-0.2, -0.15) is 5.10 Å². The van der Waals surface area contributed by atoms with Gasteiger partial charge < -0.3 is 5.32 Å². The van der Waals surface area contributed by atoms with Gasteiger partial charge in [0.25, 0.3) is 0 Å². The second kappa shape index (κ2) is 9.69. The van der Waals surface area contributed by atoms with Crippen molar-refractivity contribution < 1.29 is 9.18 Å². The molecule has 5 rings (SSSR count). The van der Waals surface area contributed by atoms with E-state index >= 15 is 0 Å². The lowest BCUT2D eigenvalue weighted by Gasteiger charge is -2.12. The first-order valence-corrected chi connectivity index (χ1v) is 11.1. The van der Waals surface area contributed by atoms with Crippen LogP contribution in [-0.2, 0) is 11.3 Å². The number of aromatic nitrogens is 4. The number of nitrogens with one attached hydrogen (secondary N) is 1. The molecule has 172 valence electrons. The van der Waals surface area contributed by atoms with Crippen LogP contribution >= 0.6 is 0 Å². The maximum Gasteiger partial charge on any atom is 0.246 e. The lowest BCUT2D eigenvalue weighted by Crippen LogP contribution is -2.20. The zero-order chi connectivity index (χ0) is 24.2. The fourth-order valence-electron chi connectivity index (χ4n) is 3.91. The Hall–Kier alpha value is -4.65. The van der Waals surface area contributed by atoms with E-state index in [4.69, 9.17) is 0 Å². The van der Waals surface area contributed by atoms with Crippen LogP contribution in [0.1, 0.15) is 5.69 Å². The third kappa shape index (κ3) is 4.84. The summed E-state index contributed by atoms with van der Waals surface area (Å²) in [4.78, 5) is 22.0. The maximum absolute atomic E-state index is 14.0. The molecule has 1 N–H and O–H groups in total. The van der Waals surface area contributed by atoms with Gasteiger partial charge in [-0.25, -0.2) is 4.39 Å². The Morgan fingerprint density at radius 1 is 0.914 bits per heavy atom. The number of anilines is 1. The molecule has 3 heterocycles. The van der Waals surface area contributed by atoms with E-state index in [0.717, 1.165) is 28.1 Å². The van der Waals surface area contributed by atoms with Gasteiger partial charge in [-0.05, 0) is 48.9 Å². The molecule has 35 heavy (non-hydrogen) atoms. The maximum atomic E-state index is 14.0. The number of carbonyl (C=O) groups excluding carboxylic acids is 1. The minimum atomic E-state index is -0.493. The molecular formula is C28H22FN5O. The van der Waals surface area contributed by atoms with Gasteiger partial charge in [0.05, 0.1) is 29.0 Å². The van der Waals surface area contributed by atoms with E-state index in [1.807, 2.05) is 67.6 Å². The van der Waals surface area contributed by atoms with Crippen molar-refractivity contribution in [3.63, 3.8) is 0 Å². The van der Waals surface area contributed by atoms with E-state index in [2.05, 4.69) is 20.4 Å². The number of hydrogen-bond donors (Lipinski definition) is 1. The third-order valence-corrected chi connectivity index (χ3v) is 5.55. The van der Waals surface area contributed by atoms with Crippen LogP contribution in [0.3, 0.4) is 0 Å². The van der Waals surface area contributed by atoms with Gasteiger partial charge in [0.2, 0.25) is 5.91 Å². The quantitative estimate of drug-likeness (QED) is 0.347.